The highest BCUT2D eigenvalue weighted by Crippen LogP contribution is 2.43. The quantitative estimate of drug-likeness (QED) is 0.00740. The Bertz CT molecular complexity index is 6410. The summed E-state index contributed by atoms with van der Waals surface area (Å²) < 4.78 is 243. The second-order valence-electron chi connectivity index (χ2n) is 29.9. The lowest BCUT2D eigenvalue weighted by Crippen LogP contribution is -2.50. The lowest BCUT2D eigenvalue weighted by molar-refractivity contribution is -0.387. The molecule has 7 aromatic carbocycles. The Kier molecular flexibility index (Phi) is 37.9. The normalized spacial score (nSPS) is 11.6. The van der Waals surface area contributed by atoms with Crippen molar-refractivity contribution in [2.45, 2.75) is 101 Å². The van der Waals surface area contributed by atoms with Crippen LogP contribution in [0.15, 0.2) is 140 Å². The summed E-state index contributed by atoms with van der Waals surface area (Å²) in [6.07, 6.45) is 0. The number of alkyl halides is 16. The summed E-state index contributed by atoms with van der Waals surface area (Å²) in [4.78, 5) is 145. The number of fused-ring (bicyclic) bond motifs is 2. The van der Waals surface area contributed by atoms with E-state index in [4.69, 9.17) is 56.9 Å². The lowest BCUT2D eigenvalue weighted by Gasteiger charge is -2.28. The maximum absolute atomic E-state index is 16.2. The van der Waals surface area contributed by atoms with Gasteiger partial charge in [-0.3, -0.25) is 93.5 Å². The number of amides is 9. The molecule has 0 saturated heterocycles. The number of nitrogens with one attached hydrogen (secondary N) is 6. The van der Waals surface area contributed by atoms with Crippen LogP contribution < -0.4 is 95.0 Å². The molecule has 4 aromatic heterocycles. The highest BCUT2D eigenvalue weighted by atomic mass is 79.9. The van der Waals surface area contributed by atoms with E-state index in [0.717, 1.165) is 54.6 Å². The van der Waals surface area contributed by atoms with Crippen LogP contribution in [-0.4, -0.2) is 193 Å². The van der Waals surface area contributed by atoms with Gasteiger partial charge >= 0.3 is 53.1 Å². The molecule has 11 rings (SSSR count). The Labute approximate surface area is 805 Å². The summed E-state index contributed by atoms with van der Waals surface area (Å²) in [5, 5.41) is 60.9. The third kappa shape index (κ3) is 28.8. The molecule has 0 aliphatic carbocycles. The lowest BCUT2D eigenvalue weighted by atomic mass is 10.1. The Morgan fingerprint density at radius 2 is 0.639 bits per heavy atom. The standard InChI is InChI=1S/C34H34F4N12O4.C18H16F4N6O6.C18H20F4N6O2.C7H5FN2O3.C4H8F4N2.CBrN/c1-5-49-25(11-17(3)45-49)29(53)43-31-41-21-13-19(27(39)51)7-9-23(21)47(31)15-33(35,36)34(37,38)16-48-24-10-8-20(28(40)52)14-22(24)42-32(48)44-30(54)26-12-18(4)46-50(26)6-2;19-17(20,7-25-11-3-1-9(15(23)29)5-13(11)27(31)32)18(21,22)8-26-12-4-2-10(16(24)30)6-14(12)28(33)34;19-17(20,7-27-13-3-1-9(15(25)29)5-11(13)23)18(21,22)8-28-14-4-2-10(16(26)30)6-12(14)24;8-5-2-1-4(7(9)11)3-6(5)10(12)13;5-3(6,1-9)4(7,8)2-10;2-1-3/h7-14H,5-6,15-16H2,1-4H3,(H2,39,51)(H2,40,52)(H,41,43,53)(H,42,44,54);1-6,25-26H,7-8H2,(H2,23,29)(H2,24,30);1-6,27-28H,7-8,23-24H2,(H2,25,29)(H2,26,30);1-3H,(H2,9,11);1-2,9-10H2;. The molecule has 0 radical (unpaired) electrons. The van der Waals surface area contributed by atoms with Crippen LogP contribution in [0.1, 0.15) is 119 Å². The van der Waals surface area contributed by atoms with Gasteiger partial charge in [0.2, 0.25) is 59.1 Å². The van der Waals surface area contributed by atoms with E-state index in [1.807, 2.05) is 10.6 Å². The largest absolute Gasteiger partial charge is 0.397 e. The molecule has 0 saturated carbocycles. The van der Waals surface area contributed by atoms with Crippen molar-refractivity contribution in [3.05, 3.63) is 237 Å². The first-order valence-corrected chi connectivity index (χ1v) is 41.0. The predicted molar refractivity (Wildman–Crippen MR) is 487 cm³/mol. The van der Waals surface area contributed by atoms with Gasteiger partial charge in [0.05, 0.1) is 123 Å². The van der Waals surface area contributed by atoms with Crippen LogP contribution in [0.2, 0.25) is 0 Å². The molecule has 0 fully saturated rings. The second kappa shape index (κ2) is 47.2. The minimum atomic E-state index is -4.87. The number of anilines is 8. The molecule has 0 atom stereocenters. The number of aryl methyl sites for hydroxylation is 4. The van der Waals surface area contributed by atoms with Crippen LogP contribution in [0.25, 0.3) is 22.1 Å². The molecule has 11 aromatic rings. The summed E-state index contributed by atoms with van der Waals surface area (Å²) in [5.74, 6) is -46.5. The topological polar surface area (TPSA) is 737 Å². The number of nitriles is 1. The van der Waals surface area contributed by atoms with Gasteiger partial charge in [0.1, 0.15) is 27.7 Å². The summed E-state index contributed by atoms with van der Waals surface area (Å²) in [6, 6.07) is 24.9. The van der Waals surface area contributed by atoms with E-state index >= 15 is 17.6 Å². The molecule has 772 valence electrons. The number of benzene rings is 7. The summed E-state index contributed by atoms with van der Waals surface area (Å²) in [6.45, 7) is -5.27. The maximum atomic E-state index is 16.2. The third-order valence-electron chi connectivity index (χ3n) is 19.8. The molecule has 0 unspecified atom stereocenters. The van der Waals surface area contributed by atoms with Crippen LogP contribution in [0.4, 0.5) is 138 Å². The van der Waals surface area contributed by atoms with Gasteiger partial charge in [-0.2, -0.15) is 90.1 Å². The van der Waals surface area contributed by atoms with Gasteiger partial charge in [0.25, 0.3) is 23.2 Å². The van der Waals surface area contributed by atoms with Crippen LogP contribution in [-0.2, 0) is 26.2 Å². The average Bonchev–Trinajstić information content (AvgIpc) is 1.65. The molecular formula is C82H83BrF17N29O15. The molecule has 4 heterocycles. The number of rotatable bonds is 38. The van der Waals surface area contributed by atoms with Gasteiger partial charge in [-0.1, -0.05) is 0 Å². The summed E-state index contributed by atoms with van der Waals surface area (Å²) in [7, 11) is 0. The predicted octanol–water partition coefficient (Wildman–Crippen LogP) is 10.3. The van der Waals surface area contributed by atoms with Crippen molar-refractivity contribution in [1.29, 1.82) is 5.26 Å². The molecule has 62 heteroatoms. The van der Waals surface area contributed by atoms with Crippen molar-refractivity contribution in [3.8, 4) is 4.98 Å². The van der Waals surface area contributed by atoms with E-state index in [1.165, 1.54) is 82.2 Å². The molecule has 0 aliphatic heterocycles. The van der Waals surface area contributed by atoms with Crippen LogP contribution in [0, 0.1) is 60.2 Å². The van der Waals surface area contributed by atoms with E-state index in [1.54, 1.807) is 32.7 Å². The van der Waals surface area contributed by atoms with Gasteiger partial charge in [-0.05, 0) is 149 Å². The zero-order valence-corrected chi connectivity index (χ0v) is 76.1. The number of primary amides is 7. The molecule has 0 spiro atoms. The minimum absolute atomic E-state index is 0.0410. The number of nitrogen functional groups attached to an aromatic ring is 2. The van der Waals surface area contributed by atoms with E-state index in [9.17, 15) is 131 Å². The number of carbonyl (C=O) groups is 9. The van der Waals surface area contributed by atoms with Crippen molar-refractivity contribution in [2.75, 3.05) is 82.6 Å². The van der Waals surface area contributed by atoms with Gasteiger partial charge in [0, 0.05) is 86.2 Å². The Morgan fingerprint density at radius 3 is 0.903 bits per heavy atom. The number of nitro groups is 3. The molecule has 28 N–H and O–H groups in total. The number of aromatic nitrogens is 8. The van der Waals surface area contributed by atoms with Crippen molar-refractivity contribution < 1.29 is 133 Å². The number of hydrogen-bond acceptors (Lipinski definition) is 28. The first-order valence-electron chi connectivity index (χ1n) is 40.2. The number of nitrogens with zero attached hydrogens (tertiary/aromatic N) is 12. The first-order chi connectivity index (χ1) is 66.7. The van der Waals surface area contributed by atoms with Crippen molar-refractivity contribution in [2.24, 2.45) is 51.6 Å². The van der Waals surface area contributed by atoms with Crippen molar-refractivity contribution in [1.82, 2.24) is 38.7 Å². The van der Waals surface area contributed by atoms with Crippen LogP contribution >= 0.6 is 15.9 Å². The van der Waals surface area contributed by atoms with Gasteiger partial charge in [-0.15, -0.1) is 0 Å². The van der Waals surface area contributed by atoms with Crippen LogP contribution in [0.5, 0.6) is 0 Å². The van der Waals surface area contributed by atoms with Gasteiger partial charge < -0.3 is 93.5 Å². The summed E-state index contributed by atoms with van der Waals surface area (Å²) >= 11 is 2.45. The Balaban J connectivity index is 0.000000304. The third-order valence-corrected chi connectivity index (χ3v) is 19.8. The maximum Gasteiger partial charge on any atom is 0.329 e. The number of carbonyl (C=O) groups excluding carboxylic acids is 9. The number of imidazole rings is 2. The zero-order valence-electron chi connectivity index (χ0n) is 74.5. The number of nitrogens with two attached hydrogens (primary N) is 11. The van der Waals surface area contributed by atoms with E-state index in [2.05, 4.69) is 68.8 Å². The fraction of sp³-hybridized carbons (Fsp3) is 0.268. The first kappa shape index (κ1) is 116. The van der Waals surface area contributed by atoms with Crippen molar-refractivity contribution in [3.63, 3.8) is 0 Å². The highest BCUT2D eigenvalue weighted by molar-refractivity contribution is 9.12. The smallest absolute Gasteiger partial charge is 0.329 e. The van der Waals surface area contributed by atoms with E-state index in [0.29, 0.717) is 32.7 Å². The van der Waals surface area contributed by atoms with Gasteiger partial charge in [-0.25, -0.2) is 9.97 Å². The highest BCUT2D eigenvalue weighted by Gasteiger charge is 2.59. The SMILES string of the molecule is CCn1nc(C)cc1C(=O)Nc1nc2cc(C(N)=O)ccc2n1CC(F)(F)C(F)(F)Cn1c(NC(=O)c2cc(C)nn2CC)nc2cc(C(N)=O)ccc21.N#CBr.NC(=O)c1ccc(F)c([N+](=O)[O-])c1.NC(=O)c1ccc(NCC(F)(F)C(F)(F)CNc2ccc(C(N)=O)cc2N)c(N)c1.NC(=O)c1ccc(NCC(F)(F)C(F)(F)CNc2ccc(C(N)=O)cc2[N+](=O)[O-])c([N+](=O)[O-])c1.NCC(F)(F)C(F)(F)CN. The monoisotopic (exact) mass is 2120 g/mol. The van der Waals surface area contributed by atoms with Crippen molar-refractivity contribution >= 4 is 154 Å². The molecule has 144 heavy (non-hydrogen) atoms. The molecule has 0 aliphatic rings. The van der Waals surface area contributed by atoms with Gasteiger partial charge in [0.15, 0.2) is 0 Å². The molecule has 44 nitrogen and oxygen atoms in total. The van der Waals surface area contributed by atoms with E-state index < -0.39 is 214 Å². The number of hydrogen-bond donors (Lipinski definition) is 17. The fourth-order valence-corrected chi connectivity index (χ4v) is 12.1. The zero-order chi connectivity index (χ0) is 109. The van der Waals surface area contributed by atoms with Crippen LogP contribution in [0.3, 0.4) is 0 Å². The number of nitro benzene ring substituents is 3. The summed E-state index contributed by atoms with van der Waals surface area (Å²) in [5.41, 5.74) is 51.8. The van der Waals surface area contributed by atoms with E-state index in [-0.39, 0.29) is 108 Å². The molecular weight excluding hydrogens is 2030 g/mol. The molecule has 9 amide bonds. The molecule has 0 bridgehead atoms. The second-order valence-corrected chi connectivity index (χ2v) is 30.3. The number of halogens is 18. The average molecular weight is 2120 g/mol. The minimum Gasteiger partial charge on any atom is -0.397 e. The Hall–Kier alpha value is -17.2. The Morgan fingerprint density at radius 1 is 0.389 bits per heavy atom. The fourth-order valence-electron chi connectivity index (χ4n) is 12.1.